The van der Waals surface area contributed by atoms with Crippen molar-refractivity contribution in [2.24, 2.45) is 5.41 Å². The molecule has 0 aliphatic heterocycles. The smallest absolute Gasteiger partial charge is 0.431 e. The van der Waals surface area contributed by atoms with Crippen LogP contribution in [0.5, 0.6) is 11.5 Å². The lowest BCUT2D eigenvalue weighted by molar-refractivity contribution is -0.289. The van der Waals surface area contributed by atoms with Gasteiger partial charge in [-0.25, -0.2) is 8.78 Å². The Balaban J connectivity index is 0.000000235. The summed E-state index contributed by atoms with van der Waals surface area (Å²) >= 11 is 0. The molecule has 0 N–H and O–H groups in total. The highest BCUT2D eigenvalue weighted by Gasteiger charge is 2.70. The summed E-state index contributed by atoms with van der Waals surface area (Å²) in [5.74, 6) is -4.86. The number of benzene rings is 7. The largest absolute Gasteiger partial charge is 0.488 e. The van der Waals surface area contributed by atoms with E-state index in [9.17, 15) is 18.0 Å². The number of ether oxygens (including phenoxy) is 3. The van der Waals surface area contributed by atoms with E-state index in [2.05, 4.69) is 142 Å². The third-order valence-electron chi connectivity index (χ3n) is 11.7. The van der Waals surface area contributed by atoms with E-state index in [0.29, 0.717) is 5.75 Å². The van der Waals surface area contributed by atoms with Crippen LogP contribution in [0.2, 0.25) is 0 Å². The van der Waals surface area contributed by atoms with Crippen molar-refractivity contribution in [3.05, 3.63) is 239 Å². The molecule has 0 saturated heterocycles. The van der Waals surface area contributed by atoms with Gasteiger partial charge in [0.25, 0.3) is 6.10 Å². The van der Waals surface area contributed by atoms with Crippen LogP contribution in [0.4, 0.5) is 22.0 Å². The fourth-order valence-electron chi connectivity index (χ4n) is 8.71. The highest BCUT2D eigenvalue weighted by molar-refractivity contribution is 5.76. The summed E-state index contributed by atoms with van der Waals surface area (Å²) in [4.78, 5) is 12.6. The zero-order valence-electron chi connectivity index (χ0n) is 41.6. The molecule has 366 valence electrons. The molecule has 0 saturated carbocycles. The number of halogens is 5. The van der Waals surface area contributed by atoms with Gasteiger partial charge in [-0.1, -0.05) is 175 Å². The molecule has 9 heteroatoms. The second-order valence-electron chi connectivity index (χ2n) is 20.5. The molecule has 0 bridgehead atoms. The molecule has 7 aromatic rings. The van der Waals surface area contributed by atoms with E-state index in [0.717, 1.165) is 5.75 Å². The van der Waals surface area contributed by atoms with Crippen molar-refractivity contribution in [3.63, 3.8) is 0 Å². The van der Waals surface area contributed by atoms with Crippen LogP contribution in [0.15, 0.2) is 194 Å². The first kappa shape index (κ1) is 52.6. The molecule has 0 amide bonds. The van der Waals surface area contributed by atoms with E-state index < -0.39 is 46.0 Å². The summed E-state index contributed by atoms with van der Waals surface area (Å²) < 4.78 is 94.2. The SMILES string of the molecule is CC(C)(C)Oc1ccc(C(c2ccccc2)(c2ccccc2)C(F)(F)C(OC(=O)C(C)(C)C)C(F)(F)F)cc1.Cc1ccc(C(c2ccccc2)(c2ccccc2)c2ccc(OC(C)(C)C)cc2)cc1. The highest BCUT2D eigenvalue weighted by atomic mass is 19.4. The van der Waals surface area contributed by atoms with Gasteiger partial charge in [-0.05, 0) is 132 Å². The van der Waals surface area contributed by atoms with Crippen molar-refractivity contribution in [1.82, 2.24) is 0 Å². The molecule has 0 heterocycles. The molecule has 0 radical (unpaired) electrons. The van der Waals surface area contributed by atoms with E-state index in [4.69, 9.17) is 9.47 Å². The Morgan fingerprint density at radius 3 is 1.00 bits per heavy atom. The number of aryl methyl sites for hydroxylation is 1. The average Bonchev–Trinajstić information content (AvgIpc) is 3.30. The maximum Gasteiger partial charge on any atom is 0.431 e. The highest BCUT2D eigenvalue weighted by Crippen LogP contribution is 2.55. The topological polar surface area (TPSA) is 44.8 Å². The van der Waals surface area contributed by atoms with Crippen LogP contribution in [0.1, 0.15) is 107 Å². The van der Waals surface area contributed by atoms with Crippen LogP contribution in [0, 0.1) is 12.3 Å². The van der Waals surface area contributed by atoms with Crippen molar-refractivity contribution in [1.29, 1.82) is 0 Å². The van der Waals surface area contributed by atoms with Gasteiger partial charge in [0.05, 0.1) is 10.8 Å². The van der Waals surface area contributed by atoms with Gasteiger partial charge >= 0.3 is 18.1 Å². The molecule has 70 heavy (non-hydrogen) atoms. The van der Waals surface area contributed by atoms with Crippen LogP contribution in [0.25, 0.3) is 0 Å². The monoisotopic (exact) mass is 954 g/mol. The van der Waals surface area contributed by atoms with Gasteiger partial charge in [0, 0.05) is 0 Å². The quantitative estimate of drug-likeness (QED) is 0.0695. The lowest BCUT2D eigenvalue weighted by Gasteiger charge is -2.45. The Morgan fingerprint density at radius 2 is 0.686 bits per heavy atom. The lowest BCUT2D eigenvalue weighted by Crippen LogP contribution is -2.60. The number of alkyl halides is 5. The molecule has 0 spiro atoms. The summed E-state index contributed by atoms with van der Waals surface area (Å²) in [5.41, 5.74) is 0.480. The van der Waals surface area contributed by atoms with E-state index in [-0.39, 0.29) is 22.3 Å². The number of rotatable bonds is 12. The van der Waals surface area contributed by atoms with Gasteiger partial charge < -0.3 is 14.2 Å². The predicted molar refractivity (Wildman–Crippen MR) is 270 cm³/mol. The van der Waals surface area contributed by atoms with Crippen molar-refractivity contribution in [2.45, 2.75) is 109 Å². The van der Waals surface area contributed by atoms with Crippen LogP contribution in [0.3, 0.4) is 0 Å². The second kappa shape index (κ2) is 20.7. The van der Waals surface area contributed by atoms with Crippen LogP contribution in [-0.4, -0.2) is 35.4 Å². The second-order valence-corrected chi connectivity index (χ2v) is 20.5. The van der Waals surface area contributed by atoms with Crippen molar-refractivity contribution < 1.29 is 41.0 Å². The number of hydrogen-bond acceptors (Lipinski definition) is 4. The number of hydrogen-bond donors (Lipinski definition) is 0. The van der Waals surface area contributed by atoms with Gasteiger partial charge in [0.2, 0.25) is 0 Å². The van der Waals surface area contributed by atoms with Gasteiger partial charge in [0.15, 0.2) is 0 Å². The Morgan fingerprint density at radius 1 is 0.400 bits per heavy atom. The van der Waals surface area contributed by atoms with Crippen molar-refractivity contribution in [2.75, 3.05) is 0 Å². The van der Waals surface area contributed by atoms with Gasteiger partial charge in [-0.15, -0.1) is 0 Å². The zero-order chi connectivity index (χ0) is 51.2. The maximum atomic E-state index is 17.1. The summed E-state index contributed by atoms with van der Waals surface area (Å²) in [6, 6.07) is 59.1. The molecule has 7 rings (SSSR count). The molecule has 0 aliphatic rings. The Kier molecular flexibility index (Phi) is 15.6. The van der Waals surface area contributed by atoms with E-state index >= 15 is 8.78 Å². The van der Waals surface area contributed by atoms with E-state index in [1.54, 1.807) is 12.1 Å². The van der Waals surface area contributed by atoms with Gasteiger partial charge in [-0.2, -0.15) is 13.2 Å². The summed E-state index contributed by atoms with van der Waals surface area (Å²) in [5, 5.41) is 0. The Hall–Kier alpha value is -6.74. The minimum absolute atomic E-state index is 0.105. The molecule has 0 aromatic heterocycles. The zero-order valence-corrected chi connectivity index (χ0v) is 41.6. The van der Waals surface area contributed by atoms with E-state index in [1.807, 2.05) is 20.8 Å². The fourth-order valence-corrected chi connectivity index (χ4v) is 8.71. The maximum absolute atomic E-state index is 17.1. The third-order valence-corrected chi connectivity index (χ3v) is 11.7. The molecular weight excluding hydrogens is 892 g/mol. The molecule has 1 atom stereocenters. The van der Waals surface area contributed by atoms with Crippen molar-refractivity contribution in [3.8, 4) is 11.5 Å². The van der Waals surface area contributed by atoms with E-state index in [1.165, 1.54) is 121 Å². The summed E-state index contributed by atoms with van der Waals surface area (Å²) in [6.07, 6.45) is -9.34. The minimum Gasteiger partial charge on any atom is -0.488 e. The summed E-state index contributed by atoms with van der Waals surface area (Å²) in [7, 11) is 0. The van der Waals surface area contributed by atoms with Gasteiger partial charge in [-0.3, -0.25) is 4.79 Å². The first-order chi connectivity index (χ1) is 32.8. The lowest BCUT2D eigenvalue weighted by atomic mass is 9.63. The third kappa shape index (κ3) is 11.6. The minimum atomic E-state index is -5.59. The van der Waals surface area contributed by atoms with Crippen LogP contribution >= 0.6 is 0 Å². The fraction of sp³-hybridized carbons (Fsp3) is 0.295. The molecule has 0 aliphatic carbocycles. The first-order valence-electron chi connectivity index (χ1n) is 23.3. The molecule has 0 fully saturated rings. The van der Waals surface area contributed by atoms with Crippen LogP contribution in [-0.2, 0) is 20.4 Å². The Labute approximate surface area is 410 Å². The number of carbonyl (C=O) groups excluding carboxylic acids is 1. The summed E-state index contributed by atoms with van der Waals surface area (Å²) in [6.45, 7) is 17.7. The Bertz CT molecular complexity index is 2660. The first-order valence-corrected chi connectivity index (χ1v) is 23.3. The molecule has 1 unspecified atom stereocenters. The molecule has 7 aromatic carbocycles. The normalized spacial score (nSPS) is 13.1. The van der Waals surface area contributed by atoms with Gasteiger partial charge in [0.1, 0.15) is 28.1 Å². The molecular formula is C61H63F5O4. The van der Waals surface area contributed by atoms with Crippen LogP contribution < -0.4 is 9.47 Å². The number of carbonyl (C=O) groups is 1. The average molecular weight is 955 g/mol. The molecule has 4 nitrogen and oxygen atoms in total. The predicted octanol–water partition coefficient (Wildman–Crippen LogP) is 15.9. The number of esters is 1. The standard InChI is InChI=1S/C31H33F5O3.C30H30O/c1-27(2,3)26(37)38-25(31(34,35)36)30(32,33)29(21-13-9-7-10-14-21,22-15-11-8-12-16-22)23-17-19-24(20-18-23)39-28(4,5)6;1-23-15-17-26(18-16-23)30(24-11-7-5-8-12-24,25-13-9-6-10-14-25)27-19-21-28(22-20-27)31-29(2,3)4/h7-20,25H,1-6H3;5-22H,1-4H3. The van der Waals surface area contributed by atoms with Crippen molar-refractivity contribution >= 4 is 5.97 Å².